The number of benzene rings is 1. The van der Waals surface area contributed by atoms with Gasteiger partial charge in [0, 0.05) is 23.4 Å². The van der Waals surface area contributed by atoms with Gasteiger partial charge in [-0.15, -0.1) is 0 Å². The minimum Gasteiger partial charge on any atom is -0.300 e. The van der Waals surface area contributed by atoms with E-state index in [1.165, 1.54) is 30.1 Å². The maximum Gasteiger partial charge on any atom is 0.295 e. The third-order valence-corrected chi connectivity index (χ3v) is 4.20. The molecule has 0 saturated carbocycles. The molecule has 0 aliphatic heterocycles. The molecule has 1 N–H and O–H groups in total. The zero-order chi connectivity index (χ0) is 18.7. The number of nitrogens with one attached hydrogen (secondary N) is 1. The Morgan fingerprint density at radius 2 is 1.85 bits per heavy atom. The average molecular weight is 365 g/mol. The van der Waals surface area contributed by atoms with Gasteiger partial charge in [0.05, 0.1) is 10.6 Å². The van der Waals surface area contributed by atoms with Gasteiger partial charge in [-0.25, -0.2) is 9.97 Å². The average Bonchev–Trinajstić information content (AvgIpc) is 2.67. The maximum atomic E-state index is 12.0. The Morgan fingerprint density at radius 3 is 2.42 bits per heavy atom. The minimum absolute atomic E-state index is 0.0839. The highest BCUT2D eigenvalue weighted by atomic mass is 32.2. The molecule has 8 nitrogen and oxygen atoms in total. The van der Waals surface area contributed by atoms with Crippen molar-refractivity contribution < 1.29 is 4.92 Å². The van der Waals surface area contributed by atoms with Gasteiger partial charge < -0.3 is 4.98 Å². The fourth-order valence-electron chi connectivity index (χ4n) is 2.41. The third kappa shape index (κ3) is 3.18. The highest BCUT2D eigenvalue weighted by molar-refractivity contribution is 7.98. The Labute approximate surface area is 151 Å². The van der Waals surface area contributed by atoms with Crippen LogP contribution >= 0.6 is 11.8 Å². The van der Waals surface area contributed by atoms with Crippen LogP contribution in [0.2, 0.25) is 0 Å². The van der Waals surface area contributed by atoms with E-state index in [0.717, 1.165) is 0 Å². The summed E-state index contributed by atoms with van der Waals surface area (Å²) < 4.78 is 0. The SMILES string of the molecule is CSc1nc(-c2ccc(-c3ncccc3[N+](=O)[O-])cc2)c(C#N)c(=O)[nH]1. The first-order valence-corrected chi connectivity index (χ1v) is 8.56. The van der Waals surface area contributed by atoms with Crippen molar-refractivity contribution in [3.63, 3.8) is 0 Å². The highest BCUT2D eigenvalue weighted by Crippen LogP contribution is 2.29. The predicted molar refractivity (Wildman–Crippen MR) is 96.7 cm³/mol. The zero-order valence-corrected chi connectivity index (χ0v) is 14.3. The van der Waals surface area contributed by atoms with Crippen LogP contribution in [0.25, 0.3) is 22.5 Å². The van der Waals surface area contributed by atoms with Crippen molar-refractivity contribution in [3.8, 4) is 28.6 Å². The summed E-state index contributed by atoms with van der Waals surface area (Å²) in [6, 6.07) is 11.3. The lowest BCUT2D eigenvalue weighted by Gasteiger charge is -2.07. The summed E-state index contributed by atoms with van der Waals surface area (Å²) in [7, 11) is 0. The predicted octanol–water partition coefficient (Wildman–Crippen LogP) is 3.00. The molecule has 0 saturated heterocycles. The summed E-state index contributed by atoms with van der Waals surface area (Å²) in [5.74, 6) is 0. The van der Waals surface area contributed by atoms with Crippen LogP contribution in [0.1, 0.15) is 5.56 Å². The Hall–Kier alpha value is -3.51. The molecule has 0 amide bonds. The fourth-order valence-corrected chi connectivity index (χ4v) is 2.79. The van der Waals surface area contributed by atoms with Crippen molar-refractivity contribution >= 4 is 17.4 Å². The van der Waals surface area contributed by atoms with Crippen LogP contribution in [-0.4, -0.2) is 26.1 Å². The number of hydrogen-bond donors (Lipinski definition) is 1. The van der Waals surface area contributed by atoms with Crippen molar-refractivity contribution in [1.82, 2.24) is 15.0 Å². The largest absolute Gasteiger partial charge is 0.300 e. The van der Waals surface area contributed by atoms with Crippen LogP contribution in [0.5, 0.6) is 0 Å². The van der Waals surface area contributed by atoms with Gasteiger partial charge >= 0.3 is 0 Å². The van der Waals surface area contributed by atoms with E-state index in [2.05, 4.69) is 15.0 Å². The van der Waals surface area contributed by atoms with E-state index in [4.69, 9.17) is 0 Å². The van der Waals surface area contributed by atoms with Crippen LogP contribution in [0.3, 0.4) is 0 Å². The number of thioether (sulfide) groups is 1. The highest BCUT2D eigenvalue weighted by Gasteiger charge is 2.17. The molecule has 26 heavy (non-hydrogen) atoms. The fraction of sp³-hybridized carbons (Fsp3) is 0.0588. The Balaban J connectivity index is 2.10. The normalized spacial score (nSPS) is 10.3. The zero-order valence-electron chi connectivity index (χ0n) is 13.5. The molecule has 2 heterocycles. The van der Waals surface area contributed by atoms with Crippen LogP contribution < -0.4 is 5.56 Å². The van der Waals surface area contributed by atoms with Gasteiger partial charge in [-0.3, -0.25) is 14.9 Å². The molecule has 1 aromatic carbocycles. The smallest absolute Gasteiger partial charge is 0.295 e. The van der Waals surface area contributed by atoms with Crippen molar-refractivity contribution in [3.05, 3.63) is 68.6 Å². The van der Waals surface area contributed by atoms with Crippen molar-refractivity contribution in [2.75, 3.05) is 6.26 Å². The first-order chi connectivity index (χ1) is 12.5. The molecule has 0 unspecified atom stereocenters. The topological polar surface area (TPSA) is 126 Å². The number of nitriles is 1. The second kappa shape index (κ2) is 7.16. The number of nitro groups is 1. The van der Waals surface area contributed by atoms with Gasteiger partial charge in [-0.05, 0) is 12.3 Å². The Kier molecular flexibility index (Phi) is 4.77. The number of pyridine rings is 1. The maximum absolute atomic E-state index is 12.0. The van der Waals surface area contributed by atoms with E-state index in [-0.39, 0.29) is 22.6 Å². The number of hydrogen-bond acceptors (Lipinski definition) is 7. The van der Waals surface area contributed by atoms with Crippen molar-refractivity contribution in [1.29, 1.82) is 5.26 Å². The second-order valence-corrected chi connectivity index (χ2v) is 5.91. The van der Waals surface area contributed by atoms with Gasteiger partial charge in [0.1, 0.15) is 17.3 Å². The molecule has 0 fully saturated rings. The lowest BCUT2D eigenvalue weighted by Crippen LogP contribution is -2.14. The molecule has 9 heteroatoms. The number of rotatable bonds is 4. The molecule has 128 valence electrons. The Morgan fingerprint density at radius 1 is 1.19 bits per heavy atom. The van der Waals surface area contributed by atoms with Gasteiger partial charge in [-0.1, -0.05) is 36.0 Å². The molecule has 0 radical (unpaired) electrons. The van der Waals surface area contributed by atoms with Crippen LogP contribution in [0, 0.1) is 21.4 Å². The summed E-state index contributed by atoms with van der Waals surface area (Å²) in [5.41, 5.74) is 0.929. The summed E-state index contributed by atoms with van der Waals surface area (Å²) in [6.45, 7) is 0. The number of aromatic nitrogens is 3. The molecule has 0 aliphatic rings. The standard InChI is InChI=1S/C17H11N5O3S/c1-26-17-20-14(12(9-18)16(23)21-17)10-4-6-11(7-5-10)15-13(22(24)25)3-2-8-19-15/h2-8H,1H3,(H,20,21,23). The Bertz CT molecular complexity index is 1090. The molecule has 2 aromatic heterocycles. The first-order valence-electron chi connectivity index (χ1n) is 7.33. The number of H-pyrrole nitrogens is 1. The van der Waals surface area contributed by atoms with Crippen LogP contribution in [0.15, 0.2) is 52.5 Å². The molecular weight excluding hydrogens is 354 g/mol. The van der Waals surface area contributed by atoms with Gasteiger partial charge in [-0.2, -0.15) is 5.26 Å². The van der Waals surface area contributed by atoms with E-state index in [9.17, 15) is 20.2 Å². The minimum atomic E-state index is -0.508. The molecular formula is C17H11N5O3S. The summed E-state index contributed by atoms with van der Waals surface area (Å²) in [4.78, 5) is 33.6. The summed E-state index contributed by atoms with van der Waals surface area (Å²) in [5, 5.41) is 20.8. The van der Waals surface area contributed by atoms with Crippen molar-refractivity contribution in [2.24, 2.45) is 0 Å². The lowest BCUT2D eigenvalue weighted by atomic mass is 10.0. The molecule has 0 bridgehead atoms. The van der Waals surface area contributed by atoms with E-state index in [1.54, 1.807) is 30.5 Å². The van der Waals surface area contributed by atoms with E-state index in [0.29, 0.717) is 16.3 Å². The monoisotopic (exact) mass is 365 g/mol. The summed E-state index contributed by atoms with van der Waals surface area (Å²) >= 11 is 1.26. The quantitative estimate of drug-likeness (QED) is 0.326. The van der Waals surface area contributed by atoms with Gasteiger partial charge in [0.25, 0.3) is 11.2 Å². The third-order valence-electron chi connectivity index (χ3n) is 3.62. The lowest BCUT2D eigenvalue weighted by molar-refractivity contribution is -0.384. The van der Waals surface area contributed by atoms with Crippen molar-refractivity contribution in [2.45, 2.75) is 5.16 Å². The van der Waals surface area contributed by atoms with Crippen LogP contribution in [-0.2, 0) is 0 Å². The van der Waals surface area contributed by atoms with Gasteiger partial charge in [0.15, 0.2) is 5.16 Å². The molecule has 0 aliphatic carbocycles. The van der Waals surface area contributed by atoms with E-state index >= 15 is 0 Å². The van der Waals surface area contributed by atoms with E-state index in [1.807, 2.05) is 6.07 Å². The number of aromatic amines is 1. The molecule has 0 spiro atoms. The second-order valence-electron chi connectivity index (χ2n) is 5.12. The molecule has 3 rings (SSSR count). The van der Waals surface area contributed by atoms with Gasteiger partial charge in [0.2, 0.25) is 0 Å². The molecule has 3 aromatic rings. The summed E-state index contributed by atoms with van der Waals surface area (Å²) in [6.07, 6.45) is 3.24. The van der Waals surface area contributed by atoms with Crippen LogP contribution in [0.4, 0.5) is 5.69 Å². The first kappa shape index (κ1) is 17.3. The number of nitrogens with zero attached hydrogens (tertiary/aromatic N) is 4. The molecule has 0 atom stereocenters. The van der Waals surface area contributed by atoms with E-state index < -0.39 is 10.5 Å².